The van der Waals surface area contributed by atoms with E-state index in [9.17, 15) is 8.42 Å². The van der Waals surface area contributed by atoms with Crippen LogP contribution in [0.5, 0.6) is 0 Å². The summed E-state index contributed by atoms with van der Waals surface area (Å²) in [6.07, 6.45) is 1.72. The molecule has 2 rings (SSSR count). The fourth-order valence-electron chi connectivity index (χ4n) is 1.85. The fraction of sp³-hybridized carbons (Fsp3) is 0.364. The molecule has 7 heteroatoms. The summed E-state index contributed by atoms with van der Waals surface area (Å²) in [5.74, 6) is 0.485. The van der Waals surface area contributed by atoms with Crippen LogP contribution in [0.1, 0.15) is 6.42 Å². The second-order valence-corrected chi connectivity index (χ2v) is 6.88. The van der Waals surface area contributed by atoms with E-state index in [2.05, 4.69) is 4.98 Å². The van der Waals surface area contributed by atoms with Crippen LogP contribution in [0, 0.1) is 0 Å². The summed E-state index contributed by atoms with van der Waals surface area (Å²) in [5.41, 5.74) is 7.29. The molecule has 1 aromatic heterocycles. The van der Waals surface area contributed by atoms with E-state index in [1.807, 2.05) is 12.1 Å². The average molecular weight is 288 g/mol. The molecule has 5 nitrogen and oxygen atoms in total. The van der Waals surface area contributed by atoms with Crippen LogP contribution in [0.2, 0.25) is 5.02 Å². The normalized spacial score (nSPS) is 12.1. The lowest BCUT2D eigenvalue weighted by Crippen LogP contribution is -2.09. The fourth-order valence-corrected chi connectivity index (χ4v) is 2.72. The summed E-state index contributed by atoms with van der Waals surface area (Å²) >= 11 is 6.02. The predicted molar refractivity (Wildman–Crippen MR) is 73.5 cm³/mol. The molecular formula is C11H14ClN3O2S. The third-order valence-electron chi connectivity index (χ3n) is 2.66. The average Bonchev–Trinajstić information content (AvgIpc) is 2.56. The lowest BCUT2D eigenvalue weighted by atomic mass is 10.3. The molecule has 0 unspecified atom stereocenters. The van der Waals surface area contributed by atoms with Gasteiger partial charge in [0, 0.05) is 12.8 Å². The molecule has 2 aromatic rings. The van der Waals surface area contributed by atoms with Crippen molar-refractivity contribution in [2.75, 3.05) is 17.7 Å². The first-order valence-corrected chi connectivity index (χ1v) is 7.90. The number of sulfone groups is 1. The lowest BCUT2D eigenvalue weighted by Gasteiger charge is -2.05. The van der Waals surface area contributed by atoms with Crippen molar-refractivity contribution in [2.45, 2.75) is 13.0 Å². The van der Waals surface area contributed by atoms with Crippen molar-refractivity contribution in [3.05, 3.63) is 23.2 Å². The van der Waals surface area contributed by atoms with E-state index in [4.69, 9.17) is 17.3 Å². The summed E-state index contributed by atoms with van der Waals surface area (Å²) < 4.78 is 24.0. The van der Waals surface area contributed by atoms with E-state index in [1.165, 1.54) is 6.26 Å². The third kappa shape index (κ3) is 2.76. The highest BCUT2D eigenvalue weighted by molar-refractivity contribution is 7.90. The van der Waals surface area contributed by atoms with E-state index < -0.39 is 9.84 Å². The molecule has 0 amide bonds. The highest BCUT2D eigenvalue weighted by Gasteiger charge is 2.11. The Morgan fingerprint density at radius 3 is 2.83 bits per heavy atom. The monoisotopic (exact) mass is 287 g/mol. The SMILES string of the molecule is CS(=O)(=O)CCCn1c(N)nc2c(Cl)cccc21. The van der Waals surface area contributed by atoms with Crippen LogP contribution in [-0.2, 0) is 16.4 Å². The van der Waals surface area contributed by atoms with Crippen molar-refractivity contribution in [3.63, 3.8) is 0 Å². The van der Waals surface area contributed by atoms with Gasteiger partial charge < -0.3 is 10.3 Å². The standard InChI is InChI=1S/C11H14ClN3O2S/c1-18(16,17)7-3-6-15-9-5-2-4-8(12)10(9)14-11(15)13/h2,4-5H,3,6-7H2,1H3,(H2,13,14). The van der Waals surface area contributed by atoms with Crippen molar-refractivity contribution in [1.29, 1.82) is 0 Å². The Bertz CT molecular complexity index is 679. The Hall–Kier alpha value is -1.27. The number of hydrogen-bond donors (Lipinski definition) is 1. The van der Waals surface area contributed by atoms with Crippen LogP contribution >= 0.6 is 11.6 Å². The minimum absolute atomic E-state index is 0.132. The van der Waals surface area contributed by atoms with Crippen LogP contribution in [0.15, 0.2) is 18.2 Å². The molecule has 0 atom stereocenters. The van der Waals surface area contributed by atoms with Crippen LogP contribution in [0.3, 0.4) is 0 Å². The molecule has 0 aliphatic rings. The summed E-state index contributed by atoms with van der Waals surface area (Å²) in [7, 11) is -2.95. The van der Waals surface area contributed by atoms with Gasteiger partial charge in [0.25, 0.3) is 0 Å². The van der Waals surface area contributed by atoms with Gasteiger partial charge in [0.2, 0.25) is 5.95 Å². The summed E-state index contributed by atoms with van der Waals surface area (Å²) in [5, 5.41) is 0.543. The van der Waals surface area contributed by atoms with E-state index in [0.717, 1.165) is 5.52 Å². The number of rotatable bonds is 4. The molecule has 0 radical (unpaired) electrons. The molecule has 0 saturated heterocycles. The molecule has 0 aliphatic heterocycles. The molecule has 0 aliphatic carbocycles. The van der Waals surface area contributed by atoms with Crippen LogP contribution < -0.4 is 5.73 Å². The smallest absolute Gasteiger partial charge is 0.201 e. The Morgan fingerprint density at radius 1 is 1.44 bits per heavy atom. The molecule has 0 saturated carbocycles. The zero-order chi connectivity index (χ0) is 13.3. The van der Waals surface area contributed by atoms with Gasteiger partial charge in [-0.25, -0.2) is 13.4 Å². The molecule has 2 N–H and O–H groups in total. The maximum Gasteiger partial charge on any atom is 0.201 e. The number of benzene rings is 1. The number of para-hydroxylation sites is 1. The lowest BCUT2D eigenvalue weighted by molar-refractivity contribution is 0.594. The van der Waals surface area contributed by atoms with E-state index in [1.54, 1.807) is 10.6 Å². The van der Waals surface area contributed by atoms with Crippen molar-refractivity contribution < 1.29 is 8.42 Å². The third-order valence-corrected chi connectivity index (χ3v) is 3.99. The number of hydrogen-bond acceptors (Lipinski definition) is 4. The van der Waals surface area contributed by atoms with Crippen molar-refractivity contribution in [1.82, 2.24) is 9.55 Å². The van der Waals surface area contributed by atoms with E-state index in [-0.39, 0.29) is 5.75 Å². The second kappa shape index (κ2) is 4.78. The first kappa shape index (κ1) is 13.2. The number of halogens is 1. The van der Waals surface area contributed by atoms with Gasteiger partial charge in [-0.05, 0) is 18.6 Å². The summed E-state index contributed by atoms with van der Waals surface area (Å²) in [6.45, 7) is 0.510. The molecule has 0 spiro atoms. The minimum Gasteiger partial charge on any atom is -0.369 e. The quantitative estimate of drug-likeness (QED) is 0.928. The number of aromatic nitrogens is 2. The van der Waals surface area contributed by atoms with E-state index in [0.29, 0.717) is 29.5 Å². The van der Waals surface area contributed by atoms with Crippen LogP contribution in [-0.4, -0.2) is 30.0 Å². The zero-order valence-corrected chi connectivity index (χ0v) is 11.5. The molecule has 18 heavy (non-hydrogen) atoms. The largest absolute Gasteiger partial charge is 0.369 e. The zero-order valence-electron chi connectivity index (χ0n) is 9.93. The molecule has 0 fully saturated rings. The number of nitrogens with two attached hydrogens (primary N) is 1. The minimum atomic E-state index is -2.95. The Morgan fingerprint density at radius 2 is 2.17 bits per heavy atom. The predicted octanol–water partition coefficient (Wildman–Crippen LogP) is 1.71. The van der Waals surface area contributed by atoms with Crippen LogP contribution in [0.25, 0.3) is 11.0 Å². The number of nitrogens with zero attached hydrogens (tertiary/aromatic N) is 2. The second-order valence-electron chi connectivity index (χ2n) is 4.21. The Kier molecular flexibility index (Phi) is 3.49. The maximum absolute atomic E-state index is 11.1. The summed E-state index contributed by atoms with van der Waals surface area (Å²) in [6, 6.07) is 5.43. The van der Waals surface area contributed by atoms with Gasteiger partial charge in [-0.2, -0.15) is 0 Å². The molecule has 0 bridgehead atoms. The Balaban J connectivity index is 2.28. The number of nitrogen functional groups attached to an aromatic ring is 1. The van der Waals surface area contributed by atoms with Gasteiger partial charge in [0.15, 0.2) is 0 Å². The van der Waals surface area contributed by atoms with Crippen LogP contribution in [0.4, 0.5) is 5.95 Å². The van der Waals surface area contributed by atoms with Crippen molar-refractivity contribution >= 4 is 38.4 Å². The van der Waals surface area contributed by atoms with Gasteiger partial charge in [-0.1, -0.05) is 17.7 Å². The van der Waals surface area contributed by atoms with Gasteiger partial charge in [0.1, 0.15) is 15.4 Å². The van der Waals surface area contributed by atoms with Gasteiger partial charge in [0.05, 0.1) is 16.3 Å². The number of aryl methyl sites for hydroxylation is 1. The molecule has 1 heterocycles. The topological polar surface area (TPSA) is 78.0 Å². The maximum atomic E-state index is 11.1. The first-order valence-electron chi connectivity index (χ1n) is 5.46. The molecule has 98 valence electrons. The van der Waals surface area contributed by atoms with Crippen molar-refractivity contribution in [2.24, 2.45) is 0 Å². The first-order chi connectivity index (χ1) is 8.38. The van der Waals surface area contributed by atoms with Gasteiger partial charge >= 0.3 is 0 Å². The Labute approximate surface area is 110 Å². The number of imidazole rings is 1. The number of anilines is 1. The summed E-state index contributed by atoms with van der Waals surface area (Å²) in [4.78, 5) is 4.19. The van der Waals surface area contributed by atoms with Crippen molar-refractivity contribution in [3.8, 4) is 0 Å². The molecule has 1 aromatic carbocycles. The van der Waals surface area contributed by atoms with E-state index >= 15 is 0 Å². The highest BCUT2D eigenvalue weighted by Crippen LogP contribution is 2.25. The molecular weight excluding hydrogens is 274 g/mol. The van der Waals surface area contributed by atoms with Gasteiger partial charge in [-0.15, -0.1) is 0 Å². The van der Waals surface area contributed by atoms with Gasteiger partial charge in [-0.3, -0.25) is 0 Å². The highest BCUT2D eigenvalue weighted by atomic mass is 35.5. The number of fused-ring (bicyclic) bond motifs is 1.